The number of amides is 2. The molecule has 1 aliphatic heterocycles. The Hall–Kier alpha value is -4.20. The van der Waals surface area contributed by atoms with E-state index in [0.717, 1.165) is 22.5 Å². The van der Waals surface area contributed by atoms with Crippen molar-refractivity contribution >= 4 is 29.0 Å². The van der Waals surface area contributed by atoms with Crippen LogP contribution in [-0.4, -0.2) is 39.8 Å². The summed E-state index contributed by atoms with van der Waals surface area (Å²) in [7, 11) is 1.58. The molecule has 0 saturated carbocycles. The van der Waals surface area contributed by atoms with Gasteiger partial charge < -0.3 is 15.0 Å². The largest absolute Gasteiger partial charge is 0.497 e. The molecule has 5 rings (SSSR count). The summed E-state index contributed by atoms with van der Waals surface area (Å²) >= 11 is 0. The van der Waals surface area contributed by atoms with E-state index in [1.807, 2.05) is 66.2 Å². The lowest BCUT2D eigenvalue weighted by molar-refractivity contribution is -0.122. The zero-order chi connectivity index (χ0) is 22.9. The number of benzene rings is 2. The van der Waals surface area contributed by atoms with E-state index in [0.29, 0.717) is 23.8 Å². The molecule has 1 N–H and O–H groups in total. The summed E-state index contributed by atoms with van der Waals surface area (Å²) in [5.41, 5.74) is 4.01. The molecule has 0 bridgehead atoms. The summed E-state index contributed by atoms with van der Waals surface area (Å²) in [6.07, 6.45) is 5.66. The van der Waals surface area contributed by atoms with Crippen LogP contribution >= 0.6 is 0 Å². The van der Waals surface area contributed by atoms with Gasteiger partial charge in [0.2, 0.25) is 17.6 Å². The molecule has 0 aliphatic carbocycles. The van der Waals surface area contributed by atoms with E-state index in [1.165, 1.54) is 0 Å². The average Bonchev–Trinajstić information content (AvgIpc) is 3.44. The molecule has 1 atom stereocenters. The first-order valence-electron chi connectivity index (χ1n) is 10.7. The van der Waals surface area contributed by atoms with E-state index in [4.69, 9.17) is 4.74 Å². The first kappa shape index (κ1) is 20.7. The summed E-state index contributed by atoms with van der Waals surface area (Å²) < 4.78 is 7.11. The van der Waals surface area contributed by atoms with E-state index < -0.39 is 5.92 Å². The lowest BCUT2D eigenvalue weighted by Gasteiger charge is -2.18. The van der Waals surface area contributed by atoms with E-state index in [2.05, 4.69) is 15.3 Å². The highest BCUT2D eigenvalue weighted by atomic mass is 16.5. The Kier molecular flexibility index (Phi) is 5.26. The number of aromatic nitrogens is 3. The third-order valence-corrected chi connectivity index (χ3v) is 5.89. The molecular weight excluding hydrogens is 418 g/mol. The van der Waals surface area contributed by atoms with E-state index in [9.17, 15) is 9.59 Å². The zero-order valence-electron chi connectivity index (χ0n) is 18.4. The number of anilines is 2. The van der Waals surface area contributed by atoms with Crippen molar-refractivity contribution in [1.82, 2.24) is 14.4 Å². The van der Waals surface area contributed by atoms with Gasteiger partial charge in [0.05, 0.1) is 18.7 Å². The lowest BCUT2D eigenvalue weighted by atomic mass is 10.1. The number of nitrogens with one attached hydrogen (secondary N) is 1. The molecule has 8 heteroatoms. The Labute approximate surface area is 190 Å². The minimum atomic E-state index is -0.439. The maximum Gasteiger partial charge on any atom is 0.234 e. The van der Waals surface area contributed by atoms with Crippen LogP contribution < -0.4 is 15.0 Å². The van der Waals surface area contributed by atoms with Gasteiger partial charge in [-0.3, -0.25) is 14.0 Å². The van der Waals surface area contributed by atoms with Crippen molar-refractivity contribution in [3.05, 3.63) is 72.7 Å². The smallest absolute Gasteiger partial charge is 0.234 e. The van der Waals surface area contributed by atoms with Crippen LogP contribution in [0, 0.1) is 12.8 Å². The standard InChI is InChI=1S/C25H23N5O3/c1-16-7-8-17(22-15-29-10-4-9-26-25(29)28-22)11-21(16)27-24(32)18-12-23(31)30(14-18)19-5-3-6-20(13-19)33-2/h3-11,13,15,18H,12,14H2,1-2H3,(H,27,32)/t18-/m0/s1. The molecule has 2 amide bonds. The van der Waals surface area contributed by atoms with Gasteiger partial charge in [0.1, 0.15) is 5.75 Å². The quantitative estimate of drug-likeness (QED) is 0.510. The number of nitrogens with zero attached hydrogens (tertiary/aromatic N) is 4. The van der Waals surface area contributed by atoms with Crippen molar-refractivity contribution in [2.45, 2.75) is 13.3 Å². The molecule has 1 saturated heterocycles. The minimum absolute atomic E-state index is 0.0777. The van der Waals surface area contributed by atoms with Crippen LogP contribution in [0.5, 0.6) is 5.75 Å². The van der Waals surface area contributed by atoms with E-state index in [1.54, 1.807) is 24.3 Å². The van der Waals surface area contributed by atoms with Gasteiger partial charge in [0.25, 0.3) is 0 Å². The Morgan fingerprint density at radius 1 is 1.18 bits per heavy atom. The second-order valence-electron chi connectivity index (χ2n) is 8.08. The third kappa shape index (κ3) is 4.03. The van der Waals surface area contributed by atoms with Crippen LogP contribution in [0.1, 0.15) is 12.0 Å². The van der Waals surface area contributed by atoms with Crippen molar-refractivity contribution < 1.29 is 14.3 Å². The molecule has 8 nitrogen and oxygen atoms in total. The highest BCUT2D eigenvalue weighted by Crippen LogP contribution is 2.30. The first-order valence-corrected chi connectivity index (χ1v) is 10.7. The molecule has 0 radical (unpaired) electrons. The van der Waals surface area contributed by atoms with Crippen LogP contribution in [0.15, 0.2) is 67.1 Å². The van der Waals surface area contributed by atoms with Crippen molar-refractivity contribution in [1.29, 1.82) is 0 Å². The number of aryl methyl sites for hydroxylation is 1. The van der Waals surface area contributed by atoms with Crippen LogP contribution in [-0.2, 0) is 9.59 Å². The van der Waals surface area contributed by atoms with E-state index in [-0.39, 0.29) is 18.2 Å². The maximum atomic E-state index is 13.1. The molecule has 33 heavy (non-hydrogen) atoms. The molecule has 0 unspecified atom stereocenters. The van der Waals surface area contributed by atoms with Gasteiger partial charge in [-0.1, -0.05) is 18.2 Å². The van der Waals surface area contributed by atoms with Gasteiger partial charge in [-0.2, -0.15) is 0 Å². The van der Waals surface area contributed by atoms with Crippen LogP contribution in [0.25, 0.3) is 17.0 Å². The van der Waals surface area contributed by atoms with Crippen LogP contribution in [0.3, 0.4) is 0 Å². The number of carbonyl (C=O) groups excluding carboxylic acids is 2. The minimum Gasteiger partial charge on any atom is -0.497 e. The summed E-state index contributed by atoms with van der Waals surface area (Å²) in [4.78, 5) is 36.1. The van der Waals surface area contributed by atoms with Crippen LogP contribution in [0.2, 0.25) is 0 Å². The SMILES string of the molecule is COc1cccc(N2C[C@@H](C(=O)Nc3cc(-c4cn5cccnc5n4)ccc3C)CC2=O)c1. The van der Waals surface area contributed by atoms with Crippen molar-refractivity contribution in [2.24, 2.45) is 5.92 Å². The molecule has 1 fully saturated rings. The number of rotatable bonds is 5. The maximum absolute atomic E-state index is 13.1. The molecule has 1 aliphatic rings. The highest BCUT2D eigenvalue weighted by molar-refractivity contribution is 6.04. The summed E-state index contributed by atoms with van der Waals surface area (Å²) in [5, 5.41) is 3.02. The monoisotopic (exact) mass is 441 g/mol. The Morgan fingerprint density at radius 3 is 2.88 bits per heavy atom. The van der Waals surface area contributed by atoms with Crippen LogP contribution in [0.4, 0.5) is 11.4 Å². The van der Waals surface area contributed by atoms with Gasteiger partial charge in [0, 0.05) is 54.6 Å². The number of hydrogen-bond donors (Lipinski definition) is 1. The number of hydrogen-bond acceptors (Lipinski definition) is 5. The number of fused-ring (bicyclic) bond motifs is 1. The average molecular weight is 441 g/mol. The van der Waals surface area contributed by atoms with Crippen molar-refractivity contribution in [3.8, 4) is 17.0 Å². The first-order chi connectivity index (χ1) is 16.0. The molecular formula is C25H23N5O3. The highest BCUT2D eigenvalue weighted by Gasteiger charge is 2.35. The van der Waals surface area contributed by atoms with Crippen molar-refractivity contribution in [3.63, 3.8) is 0 Å². The number of methoxy groups -OCH3 is 1. The molecule has 0 spiro atoms. The second kappa shape index (κ2) is 8.38. The van der Waals surface area contributed by atoms with E-state index >= 15 is 0 Å². The second-order valence-corrected chi connectivity index (χ2v) is 8.08. The zero-order valence-corrected chi connectivity index (χ0v) is 18.4. The van der Waals surface area contributed by atoms with Gasteiger partial charge >= 0.3 is 0 Å². The summed E-state index contributed by atoms with van der Waals surface area (Å²) in [6.45, 7) is 2.27. The summed E-state index contributed by atoms with van der Waals surface area (Å²) in [5.74, 6) is 0.589. The summed E-state index contributed by atoms with van der Waals surface area (Å²) in [6, 6.07) is 15.0. The predicted molar refractivity (Wildman–Crippen MR) is 125 cm³/mol. The number of carbonyl (C=O) groups is 2. The Balaban J connectivity index is 1.34. The van der Waals surface area contributed by atoms with Gasteiger partial charge in [-0.25, -0.2) is 9.97 Å². The fourth-order valence-corrected chi connectivity index (χ4v) is 4.03. The number of imidazole rings is 1. The number of ether oxygens (including phenoxy) is 1. The predicted octanol–water partition coefficient (Wildman–Crippen LogP) is 3.70. The molecule has 4 aromatic rings. The topological polar surface area (TPSA) is 88.8 Å². The Bertz CT molecular complexity index is 1330. The molecule has 166 valence electrons. The Morgan fingerprint density at radius 2 is 2.06 bits per heavy atom. The third-order valence-electron chi connectivity index (χ3n) is 5.89. The lowest BCUT2D eigenvalue weighted by Crippen LogP contribution is -2.28. The molecule has 3 heterocycles. The van der Waals surface area contributed by atoms with Gasteiger partial charge in [-0.05, 0) is 36.8 Å². The molecule has 2 aromatic heterocycles. The molecule has 2 aromatic carbocycles. The van der Waals surface area contributed by atoms with Gasteiger partial charge in [-0.15, -0.1) is 0 Å². The van der Waals surface area contributed by atoms with Gasteiger partial charge in [0.15, 0.2) is 0 Å². The normalized spacial score (nSPS) is 15.8. The van der Waals surface area contributed by atoms with Crippen molar-refractivity contribution in [2.75, 3.05) is 23.9 Å². The fraction of sp³-hybridized carbons (Fsp3) is 0.200. The fourth-order valence-electron chi connectivity index (χ4n) is 4.03.